The van der Waals surface area contributed by atoms with Crippen LogP contribution in [0.3, 0.4) is 0 Å². The Balaban J connectivity index is 2.80. The third-order valence-corrected chi connectivity index (χ3v) is 4.08. The first-order valence-corrected chi connectivity index (χ1v) is 7.95. The average molecular weight is 328 g/mol. The Morgan fingerprint density at radius 1 is 1.32 bits per heavy atom. The fraction of sp³-hybridized carbons (Fsp3) is 0.625. The van der Waals surface area contributed by atoms with Crippen LogP contribution < -0.4 is 10.1 Å². The van der Waals surface area contributed by atoms with E-state index in [1.54, 1.807) is 7.11 Å². The fourth-order valence-corrected chi connectivity index (χ4v) is 2.76. The van der Waals surface area contributed by atoms with E-state index in [-0.39, 0.29) is 0 Å². The number of hydrogen-bond donors (Lipinski definition) is 1. The molecule has 0 bridgehead atoms. The summed E-state index contributed by atoms with van der Waals surface area (Å²) >= 11 is 3.54. The maximum atomic E-state index is 5.46. The summed E-state index contributed by atoms with van der Waals surface area (Å²) in [6, 6.07) is 6.74. The fourth-order valence-electron chi connectivity index (χ4n) is 2.35. The topological polar surface area (TPSA) is 21.3 Å². The third kappa shape index (κ3) is 5.53. The Kier molecular flexibility index (Phi) is 7.47. The smallest absolute Gasteiger partial charge is 0.122 e. The van der Waals surface area contributed by atoms with Crippen LogP contribution in [0.4, 0.5) is 0 Å². The lowest BCUT2D eigenvalue weighted by molar-refractivity contribution is 0.381. The first kappa shape index (κ1) is 16.5. The summed E-state index contributed by atoms with van der Waals surface area (Å²) in [6.45, 7) is 7.76. The monoisotopic (exact) mass is 327 g/mol. The summed E-state index contributed by atoms with van der Waals surface area (Å²) in [5.41, 5.74) is 1.27. The number of likely N-dealkylation sites (N-methyl/N-ethyl adjacent to an activating group) is 1. The zero-order chi connectivity index (χ0) is 14.3. The van der Waals surface area contributed by atoms with Crippen molar-refractivity contribution in [2.75, 3.05) is 13.7 Å². The van der Waals surface area contributed by atoms with Gasteiger partial charge in [-0.15, -0.1) is 0 Å². The largest absolute Gasteiger partial charge is 0.496 e. The molecular formula is C16H26BrNO. The van der Waals surface area contributed by atoms with E-state index in [4.69, 9.17) is 4.74 Å². The molecule has 1 N–H and O–H groups in total. The van der Waals surface area contributed by atoms with Gasteiger partial charge in [-0.3, -0.25) is 0 Å². The minimum Gasteiger partial charge on any atom is -0.496 e. The third-order valence-electron chi connectivity index (χ3n) is 3.59. The number of hydrogen-bond acceptors (Lipinski definition) is 2. The van der Waals surface area contributed by atoms with Crippen molar-refractivity contribution in [3.63, 3.8) is 0 Å². The van der Waals surface area contributed by atoms with Crippen molar-refractivity contribution in [1.29, 1.82) is 0 Å². The van der Waals surface area contributed by atoms with E-state index in [1.165, 1.54) is 18.4 Å². The van der Waals surface area contributed by atoms with Crippen molar-refractivity contribution < 1.29 is 4.74 Å². The Morgan fingerprint density at radius 3 is 2.63 bits per heavy atom. The van der Waals surface area contributed by atoms with Gasteiger partial charge in [0.15, 0.2) is 0 Å². The van der Waals surface area contributed by atoms with Gasteiger partial charge in [0, 0.05) is 10.5 Å². The van der Waals surface area contributed by atoms with Gasteiger partial charge in [0.1, 0.15) is 5.75 Å². The van der Waals surface area contributed by atoms with Crippen molar-refractivity contribution in [2.24, 2.45) is 5.92 Å². The first-order chi connectivity index (χ1) is 9.10. The molecule has 2 atom stereocenters. The highest BCUT2D eigenvalue weighted by Crippen LogP contribution is 2.25. The molecule has 0 radical (unpaired) electrons. The predicted molar refractivity (Wildman–Crippen MR) is 85.9 cm³/mol. The van der Waals surface area contributed by atoms with Crippen molar-refractivity contribution in [3.8, 4) is 5.75 Å². The highest BCUT2D eigenvalue weighted by molar-refractivity contribution is 9.10. The van der Waals surface area contributed by atoms with Gasteiger partial charge in [0.05, 0.1) is 7.11 Å². The molecule has 3 heteroatoms. The minimum absolute atomic E-state index is 0.517. The molecular weight excluding hydrogens is 302 g/mol. The van der Waals surface area contributed by atoms with Crippen molar-refractivity contribution in [3.05, 3.63) is 28.2 Å². The van der Waals surface area contributed by atoms with Crippen LogP contribution in [-0.2, 0) is 6.42 Å². The molecule has 0 saturated carbocycles. The predicted octanol–water partition coefficient (Wildman–Crippen LogP) is 4.41. The van der Waals surface area contributed by atoms with Crippen LogP contribution in [0.2, 0.25) is 0 Å². The van der Waals surface area contributed by atoms with E-state index >= 15 is 0 Å². The molecule has 108 valence electrons. The molecule has 1 aromatic rings. The molecule has 0 aliphatic heterocycles. The molecule has 1 aromatic carbocycles. The molecule has 0 saturated heterocycles. The van der Waals surface area contributed by atoms with Gasteiger partial charge in [0.25, 0.3) is 0 Å². The van der Waals surface area contributed by atoms with Crippen molar-refractivity contribution in [1.82, 2.24) is 5.32 Å². The van der Waals surface area contributed by atoms with E-state index in [0.29, 0.717) is 6.04 Å². The van der Waals surface area contributed by atoms with E-state index in [0.717, 1.165) is 29.1 Å². The van der Waals surface area contributed by atoms with Gasteiger partial charge in [-0.25, -0.2) is 0 Å². The molecule has 0 heterocycles. The quantitative estimate of drug-likeness (QED) is 0.763. The van der Waals surface area contributed by atoms with Crippen LogP contribution in [0.25, 0.3) is 0 Å². The Morgan fingerprint density at radius 2 is 2.05 bits per heavy atom. The standard InChI is InChI=1S/C16H26BrNO/c1-5-12(3)9-15(18-6-2)11-13-10-14(17)7-8-16(13)19-4/h7-8,10,12,15,18H,5-6,9,11H2,1-4H3. The number of nitrogens with one attached hydrogen (secondary N) is 1. The van der Waals surface area contributed by atoms with Gasteiger partial charge in [-0.2, -0.15) is 0 Å². The maximum Gasteiger partial charge on any atom is 0.122 e. The highest BCUT2D eigenvalue weighted by atomic mass is 79.9. The molecule has 0 aromatic heterocycles. The van der Waals surface area contributed by atoms with E-state index < -0.39 is 0 Å². The molecule has 19 heavy (non-hydrogen) atoms. The molecule has 0 amide bonds. The van der Waals surface area contributed by atoms with E-state index in [1.807, 2.05) is 12.1 Å². The lowest BCUT2D eigenvalue weighted by Gasteiger charge is -2.22. The van der Waals surface area contributed by atoms with Gasteiger partial charge >= 0.3 is 0 Å². The van der Waals surface area contributed by atoms with Crippen LogP contribution in [0.5, 0.6) is 5.75 Å². The molecule has 0 aliphatic rings. The number of ether oxygens (including phenoxy) is 1. The van der Waals surface area contributed by atoms with E-state index in [2.05, 4.69) is 48.1 Å². The summed E-state index contributed by atoms with van der Waals surface area (Å²) in [5, 5.41) is 3.60. The number of methoxy groups -OCH3 is 1. The zero-order valence-corrected chi connectivity index (χ0v) is 14.1. The van der Waals surface area contributed by atoms with Crippen molar-refractivity contribution in [2.45, 2.75) is 46.1 Å². The first-order valence-electron chi connectivity index (χ1n) is 7.16. The average Bonchev–Trinajstić information content (AvgIpc) is 2.39. The minimum atomic E-state index is 0.517. The van der Waals surface area contributed by atoms with Crippen LogP contribution in [0.15, 0.2) is 22.7 Å². The van der Waals surface area contributed by atoms with Crippen LogP contribution in [-0.4, -0.2) is 19.7 Å². The lowest BCUT2D eigenvalue weighted by atomic mass is 9.94. The zero-order valence-electron chi connectivity index (χ0n) is 12.5. The molecule has 0 spiro atoms. The molecule has 0 aliphatic carbocycles. The summed E-state index contributed by atoms with van der Waals surface area (Å²) < 4.78 is 6.58. The maximum absolute atomic E-state index is 5.46. The van der Waals surface area contributed by atoms with Gasteiger partial charge in [0.2, 0.25) is 0 Å². The molecule has 2 nitrogen and oxygen atoms in total. The number of benzene rings is 1. The Bertz CT molecular complexity index is 381. The number of rotatable bonds is 8. The Labute approximate surface area is 126 Å². The summed E-state index contributed by atoms with van der Waals surface area (Å²) in [6.07, 6.45) is 3.46. The van der Waals surface area contributed by atoms with Gasteiger partial charge < -0.3 is 10.1 Å². The van der Waals surface area contributed by atoms with Crippen LogP contribution >= 0.6 is 15.9 Å². The van der Waals surface area contributed by atoms with Crippen molar-refractivity contribution >= 4 is 15.9 Å². The van der Waals surface area contributed by atoms with E-state index in [9.17, 15) is 0 Å². The second kappa shape index (κ2) is 8.60. The summed E-state index contributed by atoms with van der Waals surface area (Å²) in [5.74, 6) is 1.73. The van der Waals surface area contributed by atoms with Gasteiger partial charge in [-0.05, 0) is 49.1 Å². The number of halogens is 1. The molecule has 2 unspecified atom stereocenters. The Hall–Kier alpha value is -0.540. The normalized spacial score (nSPS) is 14.2. The van der Waals surface area contributed by atoms with Gasteiger partial charge in [-0.1, -0.05) is 43.1 Å². The second-order valence-corrected chi connectivity index (χ2v) is 6.08. The van der Waals surface area contributed by atoms with Crippen LogP contribution in [0, 0.1) is 5.92 Å². The molecule has 0 fully saturated rings. The van der Waals surface area contributed by atoms with Crippen LogP contribution in [0.1, 0.15) is 39.2 Å². The summed E-state index contributed by atoms with van der Waals surface area (Å²) in [7, 11) is 1.74. The summed E-state index contributed by atoms with van der Waals surface area (Å²) in [4.78, 5) is 0. The second-order valence-electron chi connectivity index (χ2n) is 5.16. The lowest BCUT2D eigenvalue weighted by Crippen LogP contribution is -2.32. The molecule has 1 rings (SSSR count). The SMILES string of the molecule is CCNC(Cc1cc(Br)ccc1OC)CC(C)CC. The highest BCUT2D eigenvalue weighted by Gasteiger charge is 2.14.